The van der Waals surface area contributed by atoms with E-state index in [4.69, 9.17) is 4.42 Å². The summed E-state index contributed by atoms with van der Waals surface area (Å²) in [7, 11) is 0. The molecule has 0 bridgehead atoms. The molecule has 1 amide bonds. The van der Waals surface area contributed by atoms with Gasteiger partial charge in [-0.2, -0.15) is 0 Å². The highest BCUT2D eigenvalue weighted by atomic mass is 32.1. The largest absolute Gasteiger partial charge is 0.453 e. The van der Waals surface area contributed by atoms with Crippen LogP contribution in [0.25, 0.3) is 21.9 Å². The molecular weight excluding hydrogens is 329 g/mol. The van der Waals surface area contributed by atoms with E-state index in [0.717, 1.165) is 0 Å². The van der Waals surface area contributed by atoms with Crippen molar-refractivity contribution >= 4 is 44.9 Å². The SMILES string of the molecule is O=C(Nc1ccc2c(=O)c3cccc(F)c3oc2c1)c1cccs1. The Morgan fingerprint density at radius 2 is 1.96 bits per heavy atom. The lowest BCUT2D eigenvalue weighted by Crippen LogP contribution is -2.10. The highest BCUT2D eigenvalue weighted by Gasteiger charge is 2.12. The molecule has 0 fully saturated rings. The molecule has 2 aromatic heterocycles. The summed E-state index contributed by atoms with van der Waals surface area (Å²) in [6.45, 7) is 0. The Kier molecular flexibility index (Phi) is 3.39. The zero-order valence-corrected chi connectivity index (χ0v) is 13.0. The van der Waals surface area contributed by atoms with Crippen LogP contribution in [0.2, 0.25) is 0 Å². The van der Waals surface area contributed by atoms with Crippen molar-refractivity contribution in [3.63, 3.8) is 0 Å². The number of amides is 1. The number of carbonyl (C=O) groups excluding carboxylic acids is 1. The average molecular weight is 339 g/mol. The van der Waals surface area contributed by atoms with Gasteiger partial charge in [0.05, 0.1) is 15.6 Å². The Bertz CT molecular complexity index is 1130. The first-order valence-electron chi connectivity index (χ1n) is 7.13. The lowest BCUT2D eigenvalue weighted by Gasteiger charge is -2.06. The number of rotatable bonds is 2. The summed E-state index contributed by atoms with van der Waals surface area (Å²) >= 11 is 1.33. The fourth-order valence-corrected chi connectivity index (χ4v) is 3.14. The van der Waals surface area contributed by atoms with Crippen LogP contribution in [-0.2, 0) is 0 Å². The van der Waals surface area contributed by atoms with Gasteiger partial charge in [0, 0.05) is 11.8 Å². The van der Waals surface area contributed by atoms with Crippen molar-refractivity contribution in [2.45, 2.75) is 0 Å². The first kappa shape index (κ1) is 14.6. The predicted molar refractivity (Wildman–Crippen MR) is 92.2 cm³/mol. The normalized spacial score (nSPS) is 11.0. The lowest BCUT2D eigenvalue weighted by atomic mass is 10.1. The highest BCUT2D eigenvalue weighted by Crippen LogP contribution is 2.24. The second kappa shape index (κ2) is 5.58. The molecule has 6 heteroatoms. The molecule has 4 aromatic rings. The van der Waals surface area contributed by atoms with Crippen LogP contribution in [0.5, 0.6) is 0 Å². The van der Waals surface area contributed by atoms with E-state index in [1.807, 2.05) is 5.38 Å². The number of carbonyl (C=O) groups is 1. The van der Waals surface area contributed by atoms with Gasteiger partial charge in [0.25, 0.3) is 5.91 Å². The van der Waals surface area contributed by atoms with E-state index in [1.165, 1.54) is 35.6 Å². The van der Waals surface area contributed by atoms with Crippen molar-refractivity contribution in [1.29, 1.82) is 0 Å². The van der Waals surface area contributed by atoms with Crippen LogP contribution in [-0.4, -0.2) is 5.91 Å². The summed E-state index contributed by atoms with van der Waals surface area (Å²) in [4.78, 5) is 25.1. The molecule has 0 saturated carbocycles. The van der Waals surface area contributed by atoms with Crippen LogP contribution in [0.1, 0.15) is 9.67 Å². The number of nitrogens with one attached hydrogen (secondary N) is 1. The third kappa shape index (κ3) is 2.37. The van der Waals surface area contributed by atoms with Gasteiger partial charge in [0.1, 0.15) is 5.58 Å². The fraction of sp³-hybridized carbons (Fsp3) is 0. The van der Waals surface area contributed by atoms with Gasteiger partial charge in [0.2, 0.25) is 5.43 Å². The third-order valence-electron chi connectivity index (χ3n) is 3.65. The van der Waals surface area contributed by atoms with Crippen molar-refractivity contribution in [3.8, 4) is 0 Å². The van der Waals surface area contributed by atoms with Crippen molar-refractivity contribution < 1.29 is 13.6 Å². The molecule has 4 nitrogen and oxygen atoms in total. The van der Waals surface area contributed by atoms with Crippen LogP contribution in [0.4, 0.5) is 10.1 Å². The molecule has 4 rings (SSSR count). The number of anilines is 1. The van der Waals surface area contributed by atoms with E-state index in [2.05, 4.69) is 5.32 Å². The minimum atomic E-state index is -0.598. The topological polar surface area (TPSA) is 59.3 Å². The summed E-state index contributed by atoms with van der Waals surface area (Å²) in [5.41, 5.74) is 0.305. The van der Waals surface area contributed by atoms with Gasteiger partial charge in [-0.05, 0) is 35.7 Å². The molecule has 1 N–H and O–H groups in total. The number of benzene rings is 2. The molecule has 24 heavy (non-hydrogen) atoms. The van der Waals surface area contributed by atoms with Gasteiger partial charge >= 0.3 is 0 Å². The third-order valence-corrected chi connectivity index (χ3v) is 4.52. The van der Waals surface area contributed by atoms with E-state index >= 15 is 0 Å². The van der Waals surface area contributed by atoms with Crippen LogP contribution in [0.3, 0.4) is 0 Å². The molecule has 2 heterocycles. The van der Waals surface area contributed by atoms with Gasteiger partial charge in [-0.15, -0.1) is 11.3 Å². The molecule has 2 aromatic carbocycles. The molecule has 0 aliphatic carbocycles. The molecule has 0 saturated heterocycles. The minimum absolute atomic E-state index is 0.0864. The first-order valence-corrected chi connectivity index (χ1v) is 8.01. The molecular formula is C18H10FNO3S. The number of halogens is 1. The van der Waals surface area contributed by atoms with E-state index in [-0.39, 0.29) is 27.9 Å². The monoisotopic (exact) mass is 339 g/mol. The molecule has 0 spiro atoms. The fourth-order valence-electron chi connectivity index (χ4n) is 2.52. The Morgan fingerprint density at radius 1 is 1.08 bits per heavy atom. The molecule has 118 valence electrons. The summed E-state index contributed by atoms with van der Waals surface area (Å²) in [6.07, 6.45) is 0. The van der Waals surface area contributed by atoms with E-state index in [9.17, 15) is 14.0 Å². The predicted octanol–water partition coefficient (Wildman–Crippen LogP) is 4.40. The number of thiophene rings is 1. The molecule has 0 aliphatic heterocycles. The van der Waals surface area contributed by atoms with Crippen LogP contribution in [0.15, 0.2) is 63.1 Å². The standard InChI is InChI=1S/C18H10FNO3S/c19-13-4-1-3-12-16(21)11-7-6-10(9-14(11)23-17(12)13)20-18(22)15-5-2-8-24-15/h1-9H,(H,20,22). The van der Waals surface area contributed by atoms with E-state index < -0.39 is 5.82 Å². The van der Waals surface area contributed by atoms with Crippen LogP contribution < -0.4 is 10.7 Å². The quantitative estimate of drug-likeness (QED) is 0.551. The van der Waals surface area contributed by atoms with Gasteiger partial charge in [-0.3, -0.25) is 9.59 Å². The Labute approximate surface area is 139 Å². The van der Waals surface area contributed by atoms with Crippen LogP contribution >= 0.6 is 11.3 Å². The van der Waals surface area contributed by atoms with E-state index in [1.54, 1.807) is 24.3 Å². The summed E-state index contributed by atoms with van der Waals surface area (Å²) in [6, 6.07) is 12.4. The number of hydrogen-bond acceptors (Lipinski definition) is 4. The summed E-state index contributed by atoms with van der Waals surface area (Å²) in [5.74, 6) is -0.849. The van der Waals surface area contributed by atoms with Gasteiger partial charge in [0.15, 0.2) is 11.4 Å². The Balaban J connectivity index is 1.83. The summed E-state index contributed by atoms with van der Waals surface area (Å²) in [5, 5.41) is 5.07. The van der Waals surface area contributed by atoms with Gasteiger partial charge < -0.3 is 9.73 Å². The second-order valence-electron chi connectivity index (χ2n) is 5.19. The average Bonchev–Trinajstić information content (AvgIpc) is 3.11. The van der Waals surface area contributed by atoms with Gasteiger partial charge in [-0.25, -0.2) is 4.39 Å². The van der Waals surface area contributed by atoms with Gasteiger partial charge in [-0.1, -0.05) is 12.1 Å². The van der Waals surface area contributed by atoms with Crippen molar-refractivity contribution in [1.82, 2.24) is 0 Å². The maximum absolute atomic E-state index is 13.9. The first-order chi connectivity index (χ1) is 11.6. The minimum Gasteiger partial charge on any atom is -0.453 e. The molecule has 0 radical (unpaired) electrons. The second-order valence-corrected chi connectivity index (χ2v) is 6.14. The van der Waals surface area contributed by atoms with Crippen molar-refractivity contribution in [2.24, 2.45) is 0 Å². The lowest BCUT2D eigenvalue weighted by molar-refractivity contribution is 0.103. The van der Waals surface area contributed by atoms with E-state index in [0.29, 0.717) is 16.0 Å². The summed E-state index contributed by atoms with van der Waals surface area (Å²) < 4.78 is 19.4. The zero-order valence-electron chi connectivity index (χ0n) is 12.2. The van der Waals surface area contributed by atoms with Crippen molar-refractivity contribution in [3.05, 3.63) is 74.8 Å². The molecule has 0 unspecified atom stereocenters. The smallest absolute Gasteiger partial charge is 0.265 e. The maximum Gasteiger partial charge on any atom is 0.265 e. The maximum atomic E-state index is 13.9. The Hall–Kier alpha value is -2.99. The zero-order chi connectivity index (χ0) is 16.7. The molecule has 0 atom stereocenters. The molecule has 0 aliphatic rings. The number of fused-ring (bicyclic) bond motifs is 2. The number of para-hydroxylation sites is 1. The Morgan fingerprint density at radius 3 is 2.75 bits per heavy atom. The highest BCUT2D eigenvalue weighted by molar-refractivity contribution is 7.12. The van der Waals surface area contributed by atoms with Crippen molar-refractivity contribution in [2.75, 3.05) is 5.32 Å². The van der Waals surface area contributed by atoms with Crippen LogP contribution in [0, 0.1) is 5.82 Å². The number of hydrogen-bond donors (Lipinski definition) is 1.